The fraction of sp³-hybridized carbons (Fsp3) is 0.333. The molecule has 0 aliphatic rings. The molecule has 14 heavy (non-hydrogen) atoms. The number of methoxy groups -OCH3 is 1. The van der Waals surface area contributed by atoms with Crippen molar-refractivity contribution in [3.63, 3.8) is 0 Å². The van der Waals surface area contributed by atoms with Crippen molar-refractivity contribution in [3.8, 4) is 5.75 Å². The third kappa shape index (κ3) is 2.89. The van der Waals surface area contributed by atoms with Crippen LogP contribution in [0.2, 0.25) is 0 Å². The van der Waals surface area contributed by atoms with E-state index in [0.29, 0.717) is 6.42 Å². The molecule has 0 aliphatic heterocycles. The van der Waals surface area contributed by atoms with Gasteiger partial charge in [-0.25, -0.2) is 0 Å². The van der Waals surface area contributed by atoms with Crippen molar-refractivity contribution in [1.29, 1.82) is 0 Å². The molecule has 0 spiro atoms. The van der Waals surface area contributed by atoms with Crippen LogP contribution in [0.1, 0.15) is 12.0 Å². The highest BCUT2D eigenvalue weighted by Crippen LogP contribution is 2.20. The lowest BCUT2D eigenvalue weighted by atomic mass is 10.0. The summed E-state index contributed by atoms with van der Waals surface area (Å²) in [4.78, 5) is 0. The first-order chi connectivity index (χ1) is 6.77. The molecule has 0 heterocycles. The zero-order chi connectivity index (χ0) is 10.4. The van der Waals surface area contributed by atoms with E-state index in [4.69, 9.17) is 9.84 Å². The molecule has 1 aromatic carbocycles. The van der Waals surface area contributed by atoms with E-state index in [9.17, 15) is 0 Å². The molecule has 0 saturated heterocycles. The Hall–Kier alpha value is -1.28. The van der Waals surface area contributed by atoms with Crippen molar-refractivity contribution in [2.45, 2.75) is 12.8 Å². The number of aliphatic hydroxyl groups is 1. The summed E-state index contributed by atoms with van der Waals surface area (Å²) in [6.45, 7) is 4.06. The van der Waals surface area contributed by atoms with Gasteiger partial charge in [0.1, 0.15) is 5.75 Å². The zero-order valence-corrected chi connectivity index (χ0v) is 8.49. The minimum absolute atomic E-state index is 0.161. The van der Waals surface area contributed by atoms with Crippen LogP contribution in [0.25, 0.3) is 0 Å². The molecule has 1 N–H and O–H groups in total. The van der Waals surface area contributed by atoms with Gasteiger partial charge in [0.2, 0.25) is 0 Å². The van der Waals surface area contributed by atoms with Gasteiger partial charge in [-0.3, -0.25) is 0 Å². The van der Waals surface area contributed by atoms with Crippen molar-refractivity contribution in [3.05, 3.63) is 42.0 Å². The maximum absolute atomic E-state index is 8.75. The van der Waals surface area contributed by atoms with Gasteiger partial charge in [0.05, 0.1) is 7.11 Å². The van der Waals surface area contributed by atoms with Crippen molar-refractivity contribution in [1.82, 2.24) is 0 Å². The Morgan fingerprint density at radius 1 is 1.43 bits per heavy atom. The summed E-state index contributed by atoms with van der Waals surface area (Å²) < 4.78 is 5.22. The number of para-hydroxylation sites is 1. The van der Waals surface area contributed by atoms with Gasteiger partial charge in [-0.05, 0) is 24.5 Å². The SMILES string of the molecule is C=C(CCO)Cc1ccccc1OC. The largest absolute Gasteiger partial charge is 0.496 e. The highest BCUT2D eigenvalue weighted by Gasteiger charge is 2.02. The van der Waals surface area contributed by atoms with Crippen LogP contribution >= 0.6 is 0 Å². The zero-order valence-electron chi connectivity index (χ0n) is 8.49. The Balaban J connectivity index is 2.70. The maximum atomic E-state index is 8.75. The third-order valence-electron chi connectivity index (χ3n) is 2.10. The average Bonchev–Trinajstić information content (AvgIpc) is 2.19. The molecule has 0 radical (unpaired) electrons. The lowest BCUT2D eigenvalue weighted by Gasteiger charge is -2.08. The molecule has 1 aromatic rings. The van der Waals surface area contributed by atoms with Gasteiger partial charge < -0.3 is 9.84 Å². The normalized spacial score (nSPS) is 9.86. The highest BCUT2D eigenvalue weighted by molar-refractivity contribution is 5.35. The lowest BCUT2D eigenvalue weighted by molar-refractivity contribution is 0.298. The van der Waals surface area contributed by atoms with E-state index in [-0.39, 0.29) is 6.61 Å². The second-order valence-electron chi connectivity index (χ2n) is 3.21. The van der Waals surface area contributed by atoms with E-state index in [0.717, 1.165) is 23.3 Å². The molecule has 0 aliphatic carbocycles. The van der Waals surface area contributed by atoms with Crippen LogP contribution < -0.4 is 4.74 Å². The maximum Gasteiger partial charge on any atom is 0.122 e. The first-order valence-electron chi connectivity index (χ1n) is 4.67. The van der Waals surface area contributed by atoms with Crippen molar-refractivity contribution >= 4 is 0 Å². The summed E-state index contributed by atoms with van der Waals surface area (Å²) in [5.41, 5.74) is 2.14. The summed E-state index contributed by atoms with van der Waals surface area (Å²) in [6, 6.07) is 7.87. The molecule has 0 saturated carbocycles. The average molecular weight is 192 g/mol. The van der Waals surface area contributed by atoms with Gasteiger partial charge in [0.15, 0.2) is 0 Å². The highest BCUT2D eigenvalue weighted by atomic mass is 16.5. The topological polar surface area (TPSA) is 29.5 Å². The minimum Gasteiger partial charge on any atom is -0.496 e. The second-order valence-corrected chi connectivity index (χ2v) is 3.21. The molecule has 76 valence electrons. The first-order valence-corrected chi connectivity index (χ1v) is 4.67. The van der Waals surface area contributed by atoms with Crippen LogP contribution in [-0.4, -0.2) is 18.8 Å². The molecule has 0 bridgehead atoms. The fourth-order valence-corrected chi connectivity index (χ4v) is 1.36. The van der Waals surface area contributed by atoms with Crippen LogP contribution in [0.3, 0.4) is 0 Å². The molecule has 0 aromatic heterocycles. The van der Waals surface area contributed by atoms with Gasteiger partial charge in [-0.1, -0.05) is 30.4 Å². The van der Waals surface area contributed by atoms with Gasteiger partial charge in [-0.2, -0.15) is 0 Å². The smallest absolute Gasteiger partial charge is 0.122 e. The third-order valence-corrected chi connectivity index (χ3v) is 2.10. The Labute approximate surface area is 84.8 Å². The van der Waals surface area contributed by atoms with Crippen molar-refractivity contribution < 1.29 is 9.84 Å². The van der Waals surface area contributed by atoms with Crippen LogP contribution in [-0.2, 0) is 6.42 Å². The van der Waals surface area contributed by atoms with E-state index in [1.807, 2.05) is 24.3 Å². The van der Waals surface area contributed by atoms with E-state index >= 15 is 0 Å². The summed E-state index contributed by atoms with van der Waals surface area (Å²) in [5.74, 6) is 0.881. The number of rotatable bonds is 5. The molecule has 0 unspecified atom stereocenters. The van der Waals surface area contributed by atoms with Crippen LogP contribution in [0, 0.1) is 0 Å². The van der Waals surface area contributed by atoms with Crippen LogP contribution in [0.5, 0.6) is 5.75 Å². The number of ether oxygens (including phenoxy) is 1. The van der Waals surface area contributed by atoms with Crippen molar-refractivity contribution in [2.75, 3.05) is 13.7 Å². The monoisotopic (exact) mass is 192 g/mol. The molecule has 0 amide bonds. The van der Waals surface area contributed by atoms with Gasteiger partial charge >= 0.3 is 0 Å². The lowest BCUT2D eigenvalue weighted by Crippen LogP contribution is -1.95. The molecule has 2 nitrogen and oxygen atoms in total. The number of benzene rings is 1. The summed E-state index contributed by atoms with van der Waals surface area (Å²) in [6.07, 6.45) is 1.42. The van der Waals surface area contributed by atoms with E-state index in [1.165, 1.54) is 0 Å². The number of aliphatic hydroxyl groups excluding tert-OH is 1. The summed E-state index contributed by atoms with van der Waals surface area (Å²) in [5, 5.41) is 8.75. The summed E-state index contributed by atoms with van der Waals surface area (Å²) in [7, 11) is 1.66. The van der Waals surface area contributed by atoms with E-state index < -0.39 is 0 Å². The Kier molecular flexibility index (Phi) is 4.20. The minimum atomic E-state index is 0.161. The molecule has 1 rings (SSSR count). The second kappa shape index (κ2) is 5.45. The first kappa shape index (κ1) is 10.8. The molecule has 0 fully saturated rings. The molecule has 0 atom stereocenters. The van der Waals surface area contributed by atoms with Gasteiger partial charge in [0, 0.05) is 6.61 Å². The Bertz CT molecular complexity index is 305. The predicted molar refractivity (Wildman–Crippen MR) is 57.5 cm³/mol. The predicted octanol–water partition coefficient (Wildman–Crippen LogP) is 2.18. The van der Waals surface area contributed by atoms with Crippen LogP contribution in [0.15, 0.2) is 36.4 Å². The quantitative estimate of drug-likeness (QED) is 0.724. The van der Waals surface area contributed by atoms with Crippen molar-refractivity contribution in [2.24, 2.45) is 0 Å². The van der Waals surface area contributed by atoms with Gasteiger partial charge in [0.25, 0.3) is 0 Å². The molecule has 2 heteroatoms. The number of hydrogen-bond acceptors (Lipinski definition) is 2. The molecular formula is C12H16O2. The van der Waals surface area contributed by atoms with Crippen LogP contribution in [0.4, 0.5) is 0 Å². The standard InChI is InChI=1S/C12H16O2/c1-10(7-8-13)9-11-5-3-4-6-12(11)14-2/h3-6,13H,1,7-9H2,2H3. The number of hydrogen-bond donors (Lipinski definition) is 1. The van der Waals surface area contributed by atoms with Gasteiger partial charge in [-0.15, -0.1) is 0 Å². The Morgan fingerprint density at radius 2 is 2.14 bits per heavy atom. The Morgan fingerprint density at radius 3 is 2.79 bits per heavy atom. The molecular weight excluding hydrogens is 176 g/mol. The van der Waals surface area contributed by atoms with E-state index in [2.05, 4.69) is 6.58 Å². The summed E-state index contributed by atoms with van der Waals surface area (Å²) >= 11 is 0. The fourth-order valence-electron chi connectivity index (χ4n) is 1.36. The van der Waals surface area contributed by atoms with E-state index in [1.54, 1.807) is 7.11 Å².